The predicted octanol–water partition coefficient (Wildman–Crippen LogP) is 0.840. The van der Waals surface area contributed by atoms with Crippen LogP contribution in [0.5, 0.6) is 5.75 Å². The van der Waals surface area contributed by atoms with E-state index in [-0.39, 0.29) is 12.3 Å². The lowest BCUT2D eigenvalue weighted by molar-refractivity contribution is -0.693. The molecule has 0 saturated heterocycles. The molecule has 0 heterocycles. The van der Waals surface area contributed by atoms with E-state index in [0.29, 0.717) is 18.3 Å². The van der Waals surface area contributed by atoms with E-state index >= 15 is 0 Å². The topological polar surface area (TPSA) is 89.2 Å². The summed E-state index contributed by atoms with van der Waals surface area (Å²) in [6.07, 6.45) is 4.52. The van der Waals surface area contributed by atoms with E-state index in [2.05, 4.69) is 5.32 Å². The van der Waals surface area contributed by atoms with Crippen molar-refractivity contribution in [3.05, 3.63) is 34.4 Å². The molecule has 1 atom stereocenters. The van der Waals surface area contributed by atoms with Gasteiger partial charge in [-0.1, -0.05) is 0 Å². The van der Waals surface area contributed by atoms with Crippen molar-refractivity contribution >= 4 is 5.69 Å². The monoisotopic (exact) mass is 281 g/mol. The molecule has 20 heavy (non-hydrogen) atoms. The van der Waals surface area contributed by atoms with Gasteiger partial charge in [0.2, 0.25) is 0 Å². The average molecular weight is 281 g/mol. The molecule has 2 rings (SSSR count). The van der Waals surface area contributed by atoms with Crippen LogP contribution >= 0.6 is 0 Å². The van der Waals surface area contributed by atoms with Crippen LogP contribution in [0.25, 0.3) is 0 Å². The highest BCUT2D eigenvalue weighted by Gasteiger charge is 2.19. The molecule has 0 aliphatic heterocycles. The van der Waals surface area contributed by atoms with Crippen LogP contribution in [0.15, 0.2) is 24.3 Å². The van der Waals surface area contributed by atoms with Gasteiger partial charge in [-0.2, -0.15) is 0 Å². The fraction of sp³-hybridized carbons (Fsp3) is 0.571. The number of ether oxygens (including phenoxy) is 1. The summed E-state index contributed by atoms with van der Waals surface area (Å²) in [6, 6.07) is 6.53. The number of nitrogens with two attached hydrogens (primary N) is 1. The molecule has 0 unspecified atom stereocenters. The lowest BCUT2D eigenvalue weighted by Crippen LogP contribution is -2.91. The van der Waals surface area contributed by atoms with Crippen LogP contribution in [0.4, 0.5) is 5.69 Å². The molecule has 0 radical (unpaired) electrons. The van der Waals surface area contributed by atoms with Gasteiger partial charge < -0.3 is 15.2 Å². The van der Waals surface area contributed by atoms with E-state index < -0.39 is 11.0 Å². The summed E-state index contributed by atoms with van der Waals surface area (Å²) in [5.74, 6) is 0.538. The second-order valence-electron chi connectivity index (χ2n) is 5.23. The lowest BCUT2D eigenvalue weighted by Gasteiger charge is -2.14. The van der Waals surface area contributed by atoms with Gasteiger partial charge >= 0.3 is 0 Å². The Bertz CT molecular complexity index is 429. The van der Waals surface area contributed by atoms with Crippen LogP contribution in [0.2, 0.25) is 0 Å². The van der Waals surface area contributed by atoms with Gasteiger partial charge in [-0.25, -0.2) is 0 Å². The molecule has 1 aromatic carbocycles. The van der Waals surface area contributed by atoms with Crippen molar-refractivity contribution in [3.63, 3.8) is 0 Å². The average Bonchev–Trinajstić information content (AvgIpc) is 2.96. The standard InChI is InChI=1S/C14H20N2O4/c17-13(9-15-11-3-1-2-4-11)10-20-14-7-5-12(6-8-14)16(18)19/h5-8,11,13,15,17H,1-4,9-10H2/p+1/t13-/m0/s1. The zero-order chi connectivity index (χ0) is 14.4. The van der Waals surface area contributed by atoms with Crippen molar-refractivity contribution in [2.24, 2.45) is 0 Å². The highest BCUT2D eigenvalue weighted by Crippen LogP contribution is 2.17. The summed E-state index contributed by atoms with van der Waals surface area (Å²) in [5, 5.41) is 22.6. The van der Waals surface area contributed by atoms with Crippen molar-refractivity contribution in [2.75, 3.05) is 13.2 Å². The Balaban J connectivity index is 1.69. The minimum Gasteiger partial charge on any atom is -0.491 e. The van der Waals surface area contributed by atoms with Crippen LogP contribution < -0.4 is 10.1 Å². The molecule has 1 aliphatic carbocycles. The number of non-ortho nitro benzene ring substituents is 1. The maximum Gasteiger partial charge on any atom is 0.269 e. The van der Waals surface area contributed by atoms with Crippen LogP contribution in [-0.4, -0.2) is 35.3 Å². The molecule has 0 aromatic heterocycles. The minimum atomic E-state index is -0.522. The number of nitrogens with zero attached hydrogens (tertiary/aromatic N) is 1. The molecule has 1 aromatic rings. The fourth-order valence-corrected chi connectivity index (χ4v) is 2.47. The normalized spacial score (nSPS) is 17.1. The number of nitro groups is 1. The molecule has 0 spiro atoms. The Hall–Kier alpha value is -1.66. The highest BCUT2D eigenvalue weighted by molar-refractivity contribution is 5.35. The number of hydrogen-bond acceptors (Lipinski definition) is 4. The maximum absolute atomic E-state index is 10.5. The molecule has 1 fully saturated rings. The van der Waals surface area contributed by atoms with Gasteiger partial charge in [-0.15, -0.1) is 0 Å². The molecule has 6 heteroatoms. The SMILES string of the molecule is O=[N+]([O-])c1ccc(OC[C@@H](O)C[NH2+]C2CCCC2)cc1. The van der Waals surface area contributed by atoms with E-state index in [1.807, 2.05) is 0 Å². The van der Waals surface area contributed by atoms with Crippen LogP contribution in [0.1, 0.15) is 25.7 Å². The summed E-state index contributed by atoms with van der Waals surface area (Å²) in [7, 11) is 0. The number of hydrogen-bond donors (Lipinski definition) is 2. The van der Waals surface area contributed by atoms with Gasteiger partial charge in [0.05, 0.1) is 11.0 Å². The van der Waals surface area contributed by atoms with E-state index in [0.717, 1.165) is 0 Å². The molecular weight excluding hydrogens is 260 g/mol. The number of rotatable bonds is 7. The van der Waals surface area contributed by atoms with Crippen LogP contribution in [-0.2, 0) is 0 Å². The Morgan fingerprint density at radius 3 is 2.60 bits per heavy atom. The third-order valence-corrected chi connectivity index (χ3v) is 3.63. The predicted molar refractivity (Wildman–Crippen MR) is 73.6 cm³/mol. The van der Waals surface area contributed by atoms with Gasteiger partial charge in [-0.3, -0.25) is 10.1 Å². The molecular formula is C14H21N2O4+. The zero-order valence-electron chi connectivity index (χ0n) is 11.4. The molecule has 110 valence electrons. The highest BCUT2D eigenvalue weighted by atomic mass is 16.6. The summed E-state index contributed by atoms with van der Waals surface area (Å²) < 4.78 is 5.43. The first kappa shape index (κ1) is 14.7. The minimum absolute atomic E-state index is 0.0347. The smallest absolute Gasteiger partial charge is 0.269 e. The Morgan fingerprint density at radius 1 is 1.35 bits per heavy atom. The quantitative estimate of drug-likeness (QED) is 0.572. The lowest BCUT2D eigenvalue weighted by atomic mass is 10.2. The van der Waals surface area contributed by atoms with Gasteiger partial charge in [0.1, 0.15) is 25.0 Å². The zero-order valence-corrected chi connectivity index (χ0v) is 11.4. The van der Waals surface area contributed by atoms with Crippen LogP contribution in [0.3, 0.4) is 0 Å². The molecule has 1 saturated carbocycles. The summed E-state index contributed by atoms with van der Waals surface area (Å²) in [6.45, 7) is 0.846. The fourth-order valence-electron chi connectivity index (χ4n) is 2.47. The first-order chi connectivity index (χ1) is 9.65. The second-order valence-corrected chi connectivity index (χ2v) is 5.23. The van der Waals surface area contributed by atoms with E-state index in [1.54, 1.807) is 12.1 Å². The largest absolute Gasteiger partial charge is 0.491 e. The van der Waals surface area contributed by atoms with E-state index in [9.17, 15) is 15.2 Å². The van der Waals surface area contributed by atoms with Crippen molar-refractivity contribution < 1.29 is 20.1 Å². The first-order valence-electron chi connectivity index (χ1n) is 7.04. The van der Waals surface area contributed by atoms with Crippen molar-refractivity contribution in [1.82, 2.24) is 0 Å². The molecule has 0 amide bonds. The van der Waals surface area contributed by atoms with Crippen molar-refractivity contribution in [1.29, 1.82) is 0 Å². The van der Waals surface area contributed by atoms with Crippen molar-refractivity contribution in [3.8, 4) is 5.75 Å². The Kier molecular flexibility index (Phi) is 5.31. The van der Waals surface area contributed by atoms with Gasteiger partial charge in [0.15, 0.2) is 0 Å². The Labute approximate surface area is 117 Å². The number of aliphatic hydroxyl groups is 1. The van der Waals surface area contributed by atoms with Gasteiger partial charge in [0.25, 0.3) is 5.69 Å². The number of nitro benzene ring substituents is 1. The summed E-state index contributed by atoms with van der Waals surface area (Å²) in [5.41, 5.74) is 0.0347. The third-order valence-electron chi connectivity index (χ3n) is 3.63. The first-order valence-corrected chi connectivity index (χ1v) is 7.04. The van der Waals surface area contributed by atoms with E-state index in [1.165, 1.54) is 37.8 Å². The Morgan fingerprint density at radius 2 is 2.00 bits per heavy atom. The summed E-state index contributed by atoms with van der Waals surface area (Å²) >= 11 is 0. The third kappa shape index (κ3) is 4.47. The molecule has 0 bridgehead atoms. The van der Waals surface area contributed by atoms with E-state index in [4.69, 9.17) is 4.74 Å². The summed E-state index contributed by atoms with van der Waals surface area (Å²) in [4.78, 5) is 10.1. The number of quaternary nitrogens is 1. The van der Waals surface area contributed by atoms with Gasteiger partial charge in [0, 0.05) is 12.1 Å². The van der Waals surface area contributed by atoms with Crippen molar-refractivity contribution in [2.45, 2.75) is 37.8 Å². The molecule has 3 N–H and O–H groups in total. The molecule has 6 nitrogen and oxygen atoms in total. The number of benzene rings is 1. The van der Waals surface area contributed by atoms with Gasteiger partial charge in [-0.05, 0) is 37.8 Å². The molecule has 1 aliphatic rings. The maximum atomic E-state index is 10.5. The second kappa shape index (κ2) is 7.21. The number of aliphatic hydroxyl groups excluding tert-OH is 1. The van der Waals surface area contributed by atoms with Crippen LogP contribution in [0, 0.1) is 10.1 Å².